The van der Waals surface area contributed by atoms with Crippen molar-refractivity contribution in [3.8, 4) is 5.75 Å². The highest BCUT2D eigenvalue weighted by molar-refractivity contribution is 9.10. The summed E-state index contributed by atoms with van der Waals surface area (Å²) in [5.41, 5.74) is 1.18. The van der Waals surface area contributed by atoms with Crippen molar-refractivity contribution in [1.29, 1.82) is 0 Å². The molecule has 1 atom stereocenters. The Hall–Kier alpha value is -0.540. The normalized spacial score (nSPS) is 24.4. The van der Waals surface area contributed by atoms with E-state index >= 15 is 0 Å². The van der Waals surface area contributed by atoms with E-state index in [2.05, 4.69) is 41.9 Å². The van der Waals surface area contributed by atoms with Crippen LogP contribution in [0.15, 0.2) is 22.7 Å². The second kappa shape index (κ2) is 7.46. The van der Waals surface area contributed by atoms with Crippen LogP contribution < -0.4 is 4.74 Å². The predicted molar refractivity (Wildman–Crippen MR) is 86.1 cm³/mol. The fraction of sp³-hybridized carbons (Fsp3) is 0.647. The molecule has 20 heavy (non-hydrogen) atoms. The molecule has 1 fully saturated rings. The summed E-state index contributed by atoms with van der Waals surface area (Å²) in [5.74, 6) is 2.39. The lowest BCUT2D eigenvalue weighted by Gasteiger charge is -2.32. The number of aliphatic hydroxyl groups is 1. The van der Waals surface area contributed by atoms with Gasteiger partial charge in [0.15, 0.2) is 0 Å². The van der Waals surface area contributed by atoms with Gasteiger partial charge in [0, 0.05) is 16.6 Å². The second-order valence-corrected chi connectivity index (χ2v) is 6.86. The largest absolute Gasteiger partial charge is 0.490 e. The summed E-state index contributed by atoms with van der Waals surface area (Å²) in [6.45, 7) is 4.67. The van der Waals surface area contributed by atoms with E-state index in [0.29, 0.717) is 18.6 Å². The first-order valence-electron chi connectivity index (χ1n) is 7.64. The second-order valence-electron chi connectivity index (χ2n) is 6.01. The third-order valence-corrected chi connectivity index (χ3v) is 5.48. The van der Waals surface area contributed by atoms with Crippen molar-refractivity contribution in [3.05, 3.63) is 28.2 Å². The molecule has 0 aliphatic heterocycles. The topological polar surface area (TPSA) is 29.5 Å². The zero-order valence-electron chi connectivity index (χ0n) is 12.4. The van der Waals surface area contributed by atoms with Crippen LogP contribution in [0.3, 0.4) is 0 Å². The molecule has 2 rings (SSSR count). The molecule has 1 unspecified atom stereocenters. The summed E-state index contributed by atoms with van der Waals surface area (Å²) in [4.78, 5) is 0. The van der Waals surface area contributed by atoms with Crippen molar-refractivity contribution in [3.63, 3.8) is 0 Å². The summed E-state index contributed by atoms with van der Waals surface area (Å²) in [5, 5.41) is 9.04. The van der Waals surface area contributed by atoms with E-state index in [4.69, 9.17) is 9.84 Å². The molecular formula is C17H25BrO2. The van der Waals surface area contributed by atoms with Gasteiger partial charge in [-0.05, 0) is 63.0 Å². The highest BCUT2D eigenvalue weighted by Crippen LogP contribution is 2.34. The Morgan fingerprint density at radius 2 is 2.00 bits per heavy atom. The Bertz CT molecular complexity index is 425. The van der Waals surface area contributed by atoms with E-state index in [1.807, 2.05) is 6.07 Å². The molecule has 0 heterocycles. The van der Waals surface area contributed by atoms with Crippen LogP contribution in [0.25, 0.3) is 0 Å². The van der Waals surface area contributed by atoms with Gasteiger partial charge in [-0.2, -0.15) is 0 Å². The summed E-state index contributed by atoms with van der Waals surface area (Å²) in [6.07, 6.45) is 5.98. The number of ether oxygens (including phenoxy) is 1. The van der Waals surface area contributed by atoms with Crippen LogP contribution in [0.5, 0.6) is 5.75 Å². The SMILES string of the molecule is Cc1c(Br)cccc1O[C@H]1CC[C@H](C(C)CCO)CC1. The number of benzene rings is 1. The molecule has 0 saturated heterocycles. The van der Waals surface area contributed by atoms with Gasteiger partial charge >= 0.3 is 0 Å². The van der Waals surface area contributed by atoms with Gasteiger partial charge in [0.05, 0.1) is 6.10 Å². The van der Waals surface area contributed by atoms with Crippen LogP contribution in [-0.2, 0) is 0 Å². The minimum absolute atomic E-state index is 0.314. The smallest absolute Gasteiger partial charge is 0.123 e. The summed E-state index contributed by atoms with van der Waals surface area (Å²) >= 11 is 3.55. The number of aliphatic hydroxyl groups excluding tert-OH is 1. The molecule has 0 bridgehead atoms. The van der Waals surface area contributed by atoms with Crippen molar-refractivity contribution < 1.29 is 9.84 Å². The van der Waals surface area contributed by atoms with E-state index < -0.39 is 0 Å². The van der Waals surface area contributed by atoms with Crippen LogP contribution in [0, 0.1) is 18.8 Å². The van der Waals surface area contributed by atoms with E-state index in [0.717, 1.165) is 35.4 Å². The van der Waals surface area contributed by atoms with Gasteiger partial charge in [-0.3, -0.25) is 0 Å². The lowest BCUT2D eigenvalue weighted by Crippen LogP contribution is -2.27. The maximum atomic E-state index is 9.04. The minimum Gasteiger partial charge on any atom is -0.490 e. The van der Waals surface area contributed by atoms with Crippen molar-refractivity contribution in [1.82, 2.24) is 0 Å². The van der Waals surface area contributed by atoms with Gasteiger partial charge < -0.3 is 9.84 Å². The Morgan fingerprint density at radius 3 is 2.65 bits per heavy atom. The van der Waals surface area contributed by atoms with Gasteiger partial charge in [-0.1, -0.05) is 28.9 Å². The standard InChI is InChI=1S/C17H25BrO2/c1-12(10-11-19)14-6-8-15(9-7-14)20-17-5-3-4-16(18)13(17)2/h3-5,12,14-15,19H,6-11H2,1-2H3/t12?,14-,15-. The molecule has 0 amide bonds. The van der Waals surface area contributed by atoms with Crippen LogP contribution in [0.1, 0.15) is 44.6 Å². The molecule has 1 aromatic rings. The van der Waals surface area contributed by atoms with Gasteiger partial charge in [0.25, 0.3) is 0 Å². The first-order chi connectivity index (χ1) is 9.61. The van der Waals surface area contributed by atoms with Gasteiger partial charge in [0.1, 0.15) is 5.75 Å². The fourth-order valence-corrected chi connectivity index (χ4v) is 3.46. The molecule has 0 radical (unpaired) electrons. The Kier molecular flexibility index (Phi) is 5.91. The highest BCUT2D eigenvalue weighted by atomic mass is 79.9. The lowest BCUT2D eigenvalue weighted by atomic mass is 9.78. The van der Waals surface area contributed by atoms with Crippen LogP contribution >= 0.6 is 15.9 Å². The Balaban J connectivity index is 1.87. The molecule has 1 saturated carbocycles. The summed E-state index contributed by atoms with van der Waals surface area (Å²) < 4.78 is 7.29. The molecular weight excluding hydrogens is 316 g/mol. The van der Waals surface area contributed by atoms with Crippen LogP contribution in [0.4, 0.5) is 0 Å². The highest BCUT2D eigenvalue weighted by Gasteiger charge is 2.26. The molecule has 0 spiro atoms. The van der Waals surface area contributed by atoms with Crippen molar-refractivity contribution in [2.45, 2.75) is 52.1 Å². The maximum absolute atomic E-state index is 9.04. The molecule has 1 aliphatic rings. The first kappa shape index (κ1) is 15.8. The van der Waals surface area contributed by atoms with Gasteiger partial charge in [-0.15, -0.1) is 0 Å². The number of rotatable bonds is 5. The molecule has 3 heteroatoms. The first-order valence-corrected chi connectivity index (χ1v) is 8.43. The average Bonchev–Trinajstić information content (AvgIpc) is 2.45. The van der Waals surface area contributed by atoms with E-state index in [9.17, 15) is 0 Å². The lowest BCUT2D eigenvalue weighted by molar-refractivity contribution is 0.105. The Labute approximate surface area is 130 Å². The zero-order valence-corrected chi connectivity index (χ0v) is 14.0. The number of halogens is 1. The monoisotopic (exact) mass is 340 g/mol. The molecule has 0 aromatic heterocycles. The number of hydrogen-bond donors (Lipinski definition) is 1. The predicted octanol–water partition coefficient (Wildman–Crippen LogP) is 4.71. The molecule has 1 aliphatic carbocycles. The van der Waals surface area contributed by atoms with Gasteiger partial charge in [0.2, 0.25) is 0 Å². The van der Waals surface area contributed by atoms with Crippen molar-refractivity contribution in [2.24, 2.45) is 11.8 Å². The third kappa shape index (κ3) is 3.98. The van der Waals surface area contributed by atoms with Crippen LogP contribution in [0.2, 0.25) is 0 Å². The molecule has 2 nitrogen and oxygen atoms in total. The fourth-order valence-electron chi connectivity index (χ4n) is 3.11. The van der Waals surface area contributed by atoms with Crippen molar-refractivity contribution in [2.75, 3.05) is 6.61 Å². The minimum atomic E-state index is 0.314. The van der Waals surface area contributed by atoms with E-state index in [-0.39, 0.29) is 0 Å². The maximum Gasteiger partial charge on any atom is 0.123 e. The Morgan fingerprint density at radius 1 is 1.30 bits per heavy atom. The molecule has 1 N–H and O–H groups in total. The average molecular weight is 341 g/mol. The van der Waals surface area contributed by atoms with Crippen LogP contribution in [-0.4, -0.2) is 17.8 Å². The zero-order chi connectivity index (χ0) is 14.5. The quantitative estimate of drug-likeness (QED) is 0.840. The van der Waals surface area contributed by atoms with E-state index in [1.165, 1.54) is 18.4 Å². The van der Waals surface area contributed by atoms with E-state index in [1.54, 1.807) is 0 Å². The third-order valence-electron chi connectivity index (χ3n) is 4.62. The van der Waals surface area contributed by atoms with Gasteiger partial charge in [-0.25, -0.2) is 0 Å². The van der Waals surface area contributed by atoms with Crippen molar-refractivity contribution >= 4 is 15.9 Å². The summed E-state index contributed by atoms with van der Waals surface area (Å²) in [6, 6.07) is 6.14. The number of hydrogen-bond acceptors (Lipinski definition) is 2. The molecule has 1 aromatic carbocycles. The summed E-state index contributed by atoms with van der Waals surface area (Å²) in [7, 11) is 0. The molecule has 112 valence electrons.